The third-order valence-electron chi connectivity index (χ3n) is 3.46. The molecule has 0 bridgehead atoms. The van der Waals surface area contributed by atoms with Gasteiger partial charge in [-0.15, -0.1) is 11.3 Å². The molecule has 0 aliphatic rings. The van der Waals surface area contributed by atoms with Crippen LogP contribution < -0.4 is 5.32 Å². The minimum Gasteiger partial charge on any atom is -0.389 e. The van der Waals surface area contributed by atoms with Gasteiger partial charge in [-0.3, -0.25) is 0 Å². The van der Waals surface area contributed by atoms with Crippen LogP contribution in [0.3, 0.4) is 0 Å². The normalized spacial score (nSPS) is 13.9. The molecule has 2 nitrogen and oxygen atoms in total. The average molecular weight is 255 g/mol. The fraction of sp³-hybridized carbons (Fsp3) is 0.714. The summed E-state index contributed by atoms with van der Waals surface area (Å²) in [6, 6.07) is 4.66. The van der Waals surface area contributed by atoms with Crippen LogP contribution in [0, 0.1) is 0 Å². The maximum absolute atomic E-state index is 10.3. The van der Waals surface area contributed by atoms with E-state index < -0.39 is 5.60 Å². The van der Waals surface area contributed by atoms with Crippen molar-refractivity contribution in [2.24, 2.45) is 0 Å². The van der Waals surface area contributed by atoms with E-state index in [2.05, 4.69) is 29.8 Å². The van der Waals surface area contributed by atoms with Crippen molar-refractivity contribution in [3.63, 3.8) is 0 Å². The van der Waals surface area contributed by atoms with E-state index in [1.54, 1.807) is 11.3 Å². The quantitative estimate of drug-likeness (QED) is 0.742. The lowest BCUT2D eigenvalue weighted by Gasteiger charge is -2.28. The van der Waals surface area contributed by atoms with Crippen molar-refractivity contribution < 1.29 is 5.11 Å². The van der Waals surface area contributed by atoms with Crippen LogP contribution >= 0.6 is 11.3 Å². The molecule has 0 aliphatic heterocycles. The first-order valence-electron chi connectivity index (χ1n) is 6.64. The predicted molar refractivity (Wildman–Crippen MR) is 75.5 cm³/mol. The number of nitrogens with one attached hydrogen (secondary N) is 1. The summed E-state index contributed by atoms with van der Waals surface area (Å²) < 4.78 is 0. The predicted octanol–water partition coefficient (Wildman–Crippen LogP) is 3.73. The molecule has 0 amide bonds. The highest BCUT2D eigenvalue weighted by atomic mass is 32.1. The highest BCUT2D eigenvalue weighted by Crippen LogP contribution is 2.24. The Kier molecular flexibility index (Phi) is 6.17. The largest absolute Gasteiger partial charge is 0.389 e. The molecule has 98 valence electrons. The van der Waals surface area contributed by atoms with E-state index >= 15 is 0 Å². The van der Waals surface area contributed by atoms with E-state index in [0.29, 0.717) is 12.6 Å². The summed E-state index contributed by atoms with van der Waals surface area (Å²) in [7, 11) is 0. The van der Waals surface area contributed by atoms with Gasteiger partial charge >= 0.3 is 0 Å². The molecule has 2 N–H and O–H groups in total. The Labute approximate surface area is 109 Å². The van der Waals surface area contributed by atoms with Crippen molar-refractivity contribution in [1.82, 2.24) is 5.32 Å². The van der Waals surface area contributed by atoms with Crippen LogP contribution in [0.1, 0.15) is 57.4 Å². The zero-order valence-electron chi connectivity index (χ0n) is 11.2. The molecule has 0 fully saturated rings. The van der Waals surface area contributed by atoms with Gasteiger partial charge in [0.2, 0.25) is 0 Å². The number of rotatable bonds is 8. The number of hydrogen-bond donors (Lipinski definition) is 2. The second-order valence-corrected chi connectivity index (χ2v) is 5.65. The Hall–Kier alpha value is -0.380. The van der Waals surface area contributed by atoms with Crippen molar-refractivity contribution in [2.45, 2.75) is 58.1 Å². The van der Waals surface area contributed by atoms with E-state index in [-0.39, 0.29) is 0 Å². The fourth-order valence-electron chi connectivity index (χ4n) is 1.94. The van der Waals surface area contributed by atoms with E-state index in [1.165, 1.54) is 4.88 Å². The molecule has 1 rings (SSSR count). The maximum atomic E-state index is 10.3. The summed E-state index contributed by atoms with van der Waals surface area (Å²) in [4.78, 5) is 1.38. The van der Waals surface area contributed by atoms with Crippen molar-refractivity contribution in [1.29, 1.82) is 0 Å². The Morgan fingerprint density at radius 2 is 2.06 bits per heavy atom. The highest BCUT2D eigenvalue weighted by molar-refractivity contribution is 7.10. The molecule has 1 aromatic heterocycles. The van der Waals surface area contributed by atoms with Crippen molar-refractivity contribution >= 4 is 11.3 Å². The van der Waals surface area contributed by atoms with Gasteiger partial charge in [0.15, 0.2) is 0 Å². The van der Waals surface area contributed by atoms with Crippen molar-refractivity contribution in [3.05, 3.63) is 22.4 Å². The molecule has 1 unspecified atom stereocenters. The van der Waals surface area contributed by atoms with E-state index in [9.17, 15) is 5.11 Å². The zero-order chi connectivity index (χ0) is 12.7. The zero-order valence-corrected chi connectivity index (χ0v) is 12.0. The lowest BCUT2D eigenvalue weighted by Crippen LogP contribution is -2.40. The average Bonchev–Trinajstić information content (AvgIpc) is 2.87. The van der Waals surface area contributed by atoms with Crippen molar-refractivity contribution in [2.75, 3.05) is 6.54 Å². The molecule has 1 aromatic rings. The number of hydrogen-bond acceptors (Lipinski definition) is 3. The second kappa shape index (κ2) is 7.14. The van der Waals surface area contributed by atoms with Crippen LogP contribution in [0.5, 0.6) is 0 Å². The van der Waals surface area contributed by atoms with Gasteiger partial charge in [-0.05, 0) is 30.7 Å². The van der Waals surface area contributed by atoms with Gasteiger partial charge in [0.05, 0.1) is 5.60 Å². The van der Waals surface area contributed by atoms with Crippen LogP contribution in [-0.4, -0.2) is 17.3 Å². The van der Waals surface area contributed by atoms with Crippen molar-refractivity contribution in [3.8, 4) is 0 Å². The van der Waals surface area contributed by atoms with Gasteiger partial charge in [0.1, 0.15) is 0 Å². The van der Waals surface area contributed by atoms with E-state index in [4.69, 9.17) is 0 Å². The van der Waals surface area contributed by atoms with Gasteiger partial charge in [0.25, 0.3) is 0 Å². The Morgan fingerprint density at radius 1 is 1.35 bits per heavy atom. The number of aliphatic hydroxyl groups is 1. The lowest BCUT2D eigenvalue weighted by molar-refractivity contribution is 0.0296. The summed E-state index contributed by atoms with van der Waals surface area (Å²) >= 11 is 1.79. The molecular weight excluding hydrogens is 230 g/mol. The number of thiophene rings is 1. The third-order valence-corrected chi connectivity index (χ3v) is 4.44. The smallest absolute Gasteiger partial charge is 0.0766 e. The first-order valence-corrected chi connectivity index (χ1v) is 7.52. The summed E-state index contributed by atoms with van der Waals surface area (Å²) in [5.74, 6) is 0. The highest BCUT2D eigenvalue weighted by Gasteiger charge is 2.23. The van der Waals surface area contributed by atoms with Crippen LogP contribution in [0.25, 0.3) is 0 Å². The molecule has 0 spiro atoms. The van der Waals surface area contributed by atoms with Gasteiger partial charge in [-0.1, -0.05) is 33.3 Å². The molecular formula is C14H25NOS. The molecule has 0 aliphatic carbocycles. The Morgan fingerprint density at radius 3 is 2.53 bits per heavy atom. The SMILES string of the molecule is CCCC(NCC(O)(CC)CC)c1cccs1. The molecule has 3 heteroatoms. The fourth-order valence-corrected chi connectivity index (χ4v) is 2.77. The topological polar surface area (TPSA) is 32.3 Å². The van der Waals surface area contributed by atoms with Gasteiger partial charge < -0.3 is 10.4 Å². The third kappa shape index (κ3) is 4.41. The summed E-state index contributed by atoms with van der Waals surface area (Å²) in [6.07, 6.45) is 3.90. The summed E-state index contributed by atoms with van der Waals surface area (Å²) in [6.45, 7) is 6.98. The standard InChI is InChI=1S/C14H25NOS/c1-4-8-12(13-9-7-10-17-13)15-11-14(16,5-2)6-3/h7,9-10,12,15-16H,4-6,8,11H2,1-3H3. The van der Waals surface area contributed by atoms with E-state index in [1.807, 2.05) is 13.8 Å². The molecule has 17 heavy (non-hydrogen) atoms. The molecule has 0 saturated carbocycles. The minimum atomic E-state index is -0.552. The maximum Gasteiger partial charge on any atom is 0.0766 e. The van der Waals surface area contributed by atoms with Gasteiger partial charge in [0, 0.05) is 17.5 Å². The van der Waals surface area contributed by atoms with E-state index in [0.717, 1.165) is 25.7 Å². The summed E-state index contributed by atoms with van der Waals surface area (Å²) in [5, 5.41) is 15.9. The van der Waals surface area contributed by atoms with Crippen LogP contribution in [-0.2, 0) is 0 Å². The molecule has 0 aromatic carbocycles. The first-order chi connectivity index (χ1) is 8.15. The van der Waals surface area contributed by atoms with Gasteiger partial charge in [-0.2, -0.15) is 0 Å². The molecule has 0 saturated heterocycles. The minimum absolute atomic E-state index is 0.393. The Balaban J connectivity index is 2.56. The monoisotopic (exact) mass is 255 g/mol. The Bertz CT molecular complexity index is 293. The summed E-state index contributed by atoms with van der Waals surface area (Å²) in [5.41, 5.74) is -0.552. The lowest BCUT2D eigenvalue weighted by atomic mass is 9.96. The molecule has 0 radical (unpaired) electrons. The van der Waals surface area contributed by atoms with Crippen LogP contribution in [0.15, 0.2) is 17.5 Å². The first kappa shape index (κ1) is 14.7. The second-order valence-electron chi connectivity index (χ2n) is 4.67. The van der Waals surface area contributed by atoms with Gasteiger partial charge in [-0.25, -0.2) is 0 Å². The molecule has 1 heterocycles. The van der Waals surface area contributed by atoms with Crippen LogP contribution in [0.2, 0.25) is 0 Å². The molecule has 1 atom stereocenters. The van der Waals surface area contributed by atoms with Crippen LogP contribution in [0.4, 0.5) is 0 Å².